The molecule has 1 aromatic rings. The van der Waals surface area contributed by atoms with Crippen LogP contribution in [-0.4, -0.2) is 11.9 Å². The fourth-order valence-electron chi connectivity index (χ4n) is 2.62. The number of amides is 1. The van der Waals surface area contributed by atoms with Crippen LogP contribution in [0.2, 0.25) is 0 Å². The van der Waals surface area contributed by atoms with Crippen molar-refractivity contribution in [2.24, 2.45) is 11.7 Å². The molecule has 0 radical (unpaired) electrons. The number of nitrogens with two attached hydrogens (primary N) is 1. The van der Waals surface area contributed by atoms with Crippen molar-refractivity contribution in [3.05, 3.63) is 35.4 Å². The molecule has 1 aliphatic carbocycles. The van der Waals surface area contributed by atoms with Crippen LogP contribution in [0.4, 0.5) is 0 Å². The lowest BCUT2D eigenvalue weighted by Crippen LogP contribution is -2.42. The lowest BCUT2D eigenvalue weighted by atomic mass is 9.87. The van der Waals surface area contributed by atoms with Gasteiger partial charge in [0.15, 0.2) is 0 Å². The number of aryl methyl sites for hydroxylation is 1. The molecule has 0 aliphatic heterocycles. The van der Waals surface area contributed by atoms with Crippen LogP contribution in [0.3, 0.4) is 0 Å². The molecule has 3 N–H and O–H groups in total. The van der Waals surface area contributed by atoms with E-state index < -0.39 is 6.04 Å². The number of hydrogen-bond acceptors (Lipinski definition) is 2. The highest BCUT2D eigenvalue weighted by molar-refractivity contribution is 5.83. The Kier molecular flexibility index (Phi) is 4.59. The predicted molar refractivity (Wildman–Crippen MR) is 77.7 cm³/mol. The zero-order chi connectivity index (χ0) is 13.8. The van der Waals surface area contributed by atoms with Crippen molar-refractivity contribution < 1.29 is 4.79 Å². The third kappa shape index (κ3) is 3.80. The first-order chi connectivity index (χ1) is 9.06. The van der Waals surface area contributed by atoms with Crippen LogP contribution < -0.4 is 11.1 Å². The van der Waals surface area contributed by atoms with Gasteiger partial charge in [0.2, 0.25) is 5.91 Å². The molecular weight excluding hydrogens is 236 g/mol. The van der Waals surface area contributed by atoms with Gasteiger partial charge in [0.05, 0.1) is 0 Å². The van der Waals surface area contributed by atoms with Crippen LogP contribution in [0.15, 0.2) is 24.3 Å². The molecule has 0 saturated heterocycles. The summed E-state index contributed by atoms with van der Waals surface area (Å²) in [4.78, 5) is 12.1. The summed E-state index contributed by atoms with van der Waals surface area (Å²) in [5.41, 5.74) is 8.08. The second-order valence-electron chi connectivity index (χ2n) is 5.85. The summed E-state index contributed by atoms with van der Waals surface area (Å²) in [6.45, 7) is 4.30. The van der Waals surface area contributed by atoms with Gasteiger partial charge in [0.25, 0.3) is 0 Å². The highest BCUT2D eigenvalue weighted by Gasteiger charge is 2.23. The zero-order valence-electron chi connectivity index (χ0n) is 11.9. The zero-order valence-corrected chi connectivity index (χ0v) is 11.9. The molecule has 0 spiro atoms. The molecule has 1 saturated carbocycles. The predicted octanol–water partition coefficient (Wildman–Crippen LogP) is 2.69. The summed E-state index contributed by atoms with van der Waals surface area (Å²) >= 11 is 0. The van der Waals surface area contributed by atoms with Crippen molar-refractivity contribution in [1.29, 1.82) is 0 Å². The Morgan fingerprint density at radius 2 is 1.79 bits per heavy atom. The van der Waals surface area contributed by atoms with Gasteiger partial charge in [-0.3, -0.25) is 4.79 Å². The first-order valence-corrected chi connectivity index (χ1v) is 7.19. The SMILES string of the molecule is Cc1ccc(C(N)C(=O)NC2CCC(C)CC2)cc1. The van der Waals surface area contributed by atoms with E-state index in [0.29, 0.717) is 6.04 Å². The molecule has 0 aromatic heterocycles. The minimum atomic E-state index is -0.556. The van der Waals surface area contributed by atoms with Gasteiger partial charge >= 0.3 is 0 Å². The molecule has 1 aliphatic rings. The van der Waals surface area contributed by atoms with Gasteiger partial charge < -0.3 is 11.1 Å². The van der Waals surface area contributed by atoms with Crippen molar-refractivity contribution in [2.75, 3.05) is 0 Å². The molecule has 104 valence electrons. The van der Waals surface area contributed by atoms with Gasteiger partial charge in [0.1, 0.15) is 6.04 Å². The smallest absolute Gasteiger partial charge is 0.241 e. The van der Waals surface area contributed by atoms with Gasteiger partial charge in [0, 0.05) is 6.04 Å². The summed E-state index contributed by atoms with van der Waals surface area (Å²) in [6.07, 6.45) is 4.55. The van der Waals surface area contributed by atoms with Crippen molar-refractivity contribution in [3.63, 3.8) is 0 Å². The molecule has 3 heteroatoms. The maximum Gasteiger partial charge on any atom is 0.241 e. The molecule has 19 heavy (non-hydrogen) atoms. The fourth-order valence-corrected chi connectivity index (χ4v) is 2.62. The van der Waals surface area contributed by atoms with Crippen LogP contribution in [-0.2, 0) is 4.79 Å². The molecule has 3 nitrogen and oxygen atoms in total. The van der Waals surface area contributed by atoms with E-state index in [0.717, 1.165) is 24.3 Å². The molecule has 1 aromatic carbocycles. The maximum atomic E-state index is 12.1. The molecule has 0 heterocycles. The third-order valence-electron chi connectivity index (χ3n) is 4.08. The van der Waals surface area contributed by atoms with E-state index in [4.69, 9.17) is 5.73 Å². The highest BCUT2D eigenvalue weighted by atomic mass is 16.2. The molecule has 0 bridgehead atoms. The number of carbonyl (C=O) groups is 1. The van der Waals surface area contributed by atoms with E-state index in [2.05, 4.69) is 12.2 Å². The van der Waals surface area contributed by atoms with Crippen LogP contribution in [0, 0.1) is 12.8 Å². The maximum absolute atomic E-state index is 12.1. The summed E-state index contributed by atoms with van der Waals surface area (Å²) < 4.78 is 0. The number of carbonyl (C=O) groups excluding carboxylic acids is 1. The molecule has 1 amide bonds. The number of rotatable bonds is 3. The van der Waals surface area contributed by atoms with Crippen molar-refractivity contribution in [2.45, 2.75) is 51.6 Å². The van der Waals surface area contributed by atoms with E-state index in [1.54, 1.807) is 0 Å². The van der Waals surface area contributed by atoms with Gasteiger partial charge in [-0.15, -0.1) is 0 Å². The quantitative estimate of drug-likeness (QED) is 0.878. The van der Waals surface area contributed by atoms with Crippen LogP contribution in [0.25, 0.3) is 0 Å². The molecular formula is C16H24N2O. The molecule has 1 unspecified atom stereocenters. The summed E-state index contributed by atoms with van der Waals surface area (Å²) in [5.74, 6) is 0.738. The van der Waals surface area contributed by atoms with Gasteiger partial charge in [-0.1, -0.05) is 36.8 Å². The van der Waals surface area contributed by atoms with Crippen molar-refractivity contribution in [1.82, 2.24) is 5.32 Å². The summed E-state index contributed by atoms with van der Waals surface area (Å²) in [6, 6.07) is 7.60. The summed E-state index contributed by atoms with van der Waals surface area (Å²) in [5, 5.41) is 3.09. The monoisotopic (exact) mass is 260 g/mol. The first kappa shape index (κ1) is 14.1. The Balaban J connectivity index is 1.90. The van der Waals surface area contributed by atoms with Crippen molar-refractivity contribution >= 4 is 5.91 Å². The first-order valence-electron chi connectivity index (χ1n) is 7.19. The lowest BCUT2D eigenvalue weighted by Gasteiger charge is -2.28. The van der Waals surface area contributed by atoms with Gasteiger partial charge in [-0.2, -0.15) is 0 Å². The number of nitrogens with one attached hydrogen (secondary N) is 1. The van der Waals surface area contributed by atoms with Crippen LogP contribution in [0.1, 0.15) is 49.8 Å². The van der Waals surface area contributed by atoms with E-state index >= 15 is 0 Å². The number of benzene rings is 1. The Morgan fingerprint density at radius 1 is 1.21 bits per heavy atom. The van der Waals surface area contributed by atoms with Crippen LogP contribution in [0.5, 0.6) is 0 Å². The highest BCUT2D eigenvalue weighted by Crippen LogP contribution is 2.24. The molecule has 1 fully saturated rings. The van der Waals surface area contributed by atoms with E-state index in [-0.39, 0.29) is 5.91 Å². The Bertz CT molecular complexity index is 419. The Hall–Kier alpha value is -1.35. The van der Waals surface area contributed by atoms with Gasteiger partial charge in [-0.25, -0.2) is 0 Å². The molecule has 1 atom stereocenters. The average molecular weight is 260 g/mol. The average Bonchev–Trinajstić information content (AvgIpc) is 2.41. The van der Waals surface area contributed by atoms with E-state index in [1.165, 1.54) is 18.4 Å². The standard InChI is InChI=1S/C16H24N2O/c1-11-3-7-13(8-4-11)15(17)16(19)18-14-9-5-12(2)6-10-14/h3-4,7-8,12,14-15H,5-6,9-10,17H2,1-2H3,(H,18,19). The normalized spacial score (nSPS) is 24.8. The van der Waals surface area contributed by atoms with Crippen LogP contribution >= 0.6 is 0 Å². The fraction of sp³-hybridized carbons (Fsp3) is 0.562. The second-order valence-corrected chi connectivity index (χ2v) is 5.85. The Morgan fingerprint density at radius 3 is 2.37 bits per heavy atom. The lowest BCUT2D eigenvalue weighted by molar-refractivity contribution is -0.123. The second kappa shape index (κ2) is 6.20. The van der Waals surface area contributed by atoms with E-state index in [9.17, 15) is 4.79 Å². The minimum absolute atomic E-state index is 0.0524. The summed E-state index contributed by atoms with van der Waals surface area (Å²) in [7, 11) is 0. The van der Waals surface area contributed by atoms with Gasteiger partial charge in [-0.05, 0) is 44.1 Å². The Labute approximate surface area is 115 Å². The topological polar surface area (TPSA) is 55.1 Å². The molecule has 2 rings (SSSR count). The number of hydrogen-bond donors (Lipinski definition) is 2. The third-order valence-corrected chi connectivity index (χ3v) is 4.08. The van der Waals surface area contributed by atoms with E-state index in [1.807, 2.05) is 31.2 Å². The minimum Gasteiger partial charge on any atom is -0.352 e. The largest absolute Gasteiger partial charge is 0.352 e. The van der Waals surface area contributed by atoms with Crippen molar-refractivity contribution in [3.8, 4) is 0 Å².